The lowest BCUT2D eigenvalue weighted by atomic mass is 10.0. The maximum absolute atomic E-state index is 13.2. The van der Waals surface area contributed by atoms with Crippen LogP contribution in [0, 0.1) is 12.8 Å². The van der Waals surface area contributed by atoms with Crippen LogP contribution < -0.4 is 10.6 Å². The van der Waals surface area contributed by atoms with Crippen LogP contribution in [0.4, 0.5) is 5.82 Å². The van der Waals surface area contributed by atoms with Crippen LogP contribution in [-0.4, -0.2) is 29.6 Å². The third-order valence-corrected chi connectivity index (χ3v) is 5.55. The summed E-state index contributed by atoms with van der Waals surface area (Å²) < 4.78 is 6.20. The van der Waals surface area contributed by atoms with Gasteiger partial charge in [0.15, 0.2) is 0 Å². The molecule has 2 amide bonds. The van der Waals surface area contributed by atoms with Gasteiger partial charge in [-0.15, -0.1) is 0 Å². The molecule has 1 aromatic carbocycles. The first-order valence-electron chi connectivity index (χ1n) is 10.5. The average molecular weight is 463 g/mol. The van der Waals surface area contributed by atoms with Gasteiger partial charge in [-0.05, 0) is 43.2 Å². The maximum atomic E-state index is 13.2. The molecule has 1 atom stereocenters. The molecule has 0 radical (unpaired) electrons. The zero-order chi connectivity index (χ0) is 23.4. The first-order valence-corrected chi connectivity index (χ1v) is 10.9. The third-order valence-electron chi connectivity index (χ3n) is 5.22. The van der Waals surface area contributed by atoms with Crippen molar-refractivity contribution in [1.82, 2.24) is 10.3 Å². The van der Waals surface area contributed by atoms with Crippen molar-refractivity contribution in [2.75, 3.05) is 11.9 Å². The minimum absolute atomic E-state index is 0.136. The molecule has 0 bridgehead atoms. The van der Waals surface area contributed by atoms with Gasteiger partial charge in [-0.3, -0.25) is 14.6 Å². The number of amides is 2. The number of halogens is 1. The van der Waals surface area contributed by atoms with E-state index in [0.717, 1.165) is 12.0 Å². The number of anilines is 1. The van der Waals surface area contributed by atoms with E-state index < -0.39 is 0 Å². The van der Waals surface area contributed by atoms with Gasteiger partial charge in [0.2, 0.25) is 5.91 Å². The molecule has 4 rings (SSSR count). The summed E-state index contributed by atoms with van der Waals surface area (Å²) in [4.78, 5) is 33.0. The molecule has 1 aliphatic rings. The first-order chi connectivity index (χ1) is 15.9. The van der Waals surface area contributed by atoms with Crippen molar-refractivity contribution in [3.63, 3.8) is 0 Å². The second kappa shape index (κ2) is 9.83. The van der Waals surface area contributed by atoms with Crippen LogP contribution in [-0.2, 0) is 4.79 Å². The van der Waals surface area contributed by atoms with Crippen LogP contribution in [0.3, 0.4) is 0 Å². The van der Waals surface area contributed by atoms with Gasteiger partial charge in [0, 0.05) is 49.1 Å². The van der Waals surface area contributed by atoms with Gasteiger partial charge in [0.1, 0.15) is 17.3 Å². The molecular formula is C25H23ClN4O3. The quantitative estimate of drug-likeness (QED) is 0.522. The van der Waals surface area contributed by atoms with Crippen molar-refractivity contribution in [2.24, 2.45) is 10.9 Å². The van der Waals surface area contributed by atoms with E-state index in [1.54, 1.807) is 30.6 Å². The molecule has 0 saturated carbocycles. The van der Waals surface area contributed by atoms with E-state index in [2.05, 4.69) is 20.6 Å². The molecule has 3 heterocycles. The van der Waals surface area contributed by atoms with Crippen molar-refractivity contribution < 1.29 is 14.0 Å². The van der Waals surface area contributed by atoms with E-state index in [4.69, 9.17) is 16.0 Å². The highest BCUT2D eigenvalue weighted by molar-refractivity contribution is 6.33. The molecule has 0 fully saturated rings. The maximum Gasteiger partial charge on any atom is 0.255 e. The van der Waals surface area contributed by atoms with Crippen molar-refractivity contribution in [3.05, 3.63) is 71.0 Å². The number of furan rings is 1. The zero-order valence-electron chi connectivity index (χ0n) is 18.3. The summed E-state index contributed by atoms with van der Waals surface area (Å²) in [6.45, 7) is 3.75. The van der Waals surface area contributed by atoms with Crippen LogP contribution in [0.25, 0.3) is 22.6 Å². The fraction of sp³-hybridized carbons (Fsp3) is 0.200. The van der Waals surface area contributed by atoms with Crippen LogP contribution in [0.1, 0.15) is 29.3 Å². The van der Waals surface area contributed by atoms with E-state index in [1.165, 1.54) is 6.92 Å². The number of aromatic nitrogens is 1. The Morgan fingerprint density at radius 2 is 2.03 bits per heavy atom. The molecule has 0 spiro atoms. The highest BCUT2D eigenvalue weighted by atomic mass is 35.5. The normalized spacial score (nSPS) is 14.8. The fourth-order valence-corrected chi connectivity index (χ4v) is 3.78. The summed E-state index contributed by atoms with van der Waals surface area (Å²) in [5.74, 6) is 0.892. The van der Waals surface area contributed by atoms with E-state index >= 15 is 0 Å². The Morgan fingerprint density at radius 1 is 1.21 bits per heavy atom. The number of nitrogens with zero attached hydrogens (tertiary/aromatic N) is 2. The minimum Gasteiger partial charge on any atom is -0.455 e. The Morgan fingerprint density at radius 3 is 2.76 bits per heavy atom. The Bertz CT molecular complexity index is 1260. The zero-order valence-corrected chi connectivity index (χ0v) is 19.0. The molecule has 0 aliphatic carbocycles. The van der Waals surface area contributed by atoms with Gasteiger partial charge < -0.3 is 15.1 Å². The number of aryl methyl sites for hydroxylation is 1. The number of carbonyl (C=O) groups is 2. The number of aliphatic imine (C=N–C) groups is 1. The van der Waals surface area contributed by atoms with E-state index in [9.17, 15) is 9.59 Å². The smallest absolute Gasteiger partial charge is 0.255 e. The Labute approximate surface area is 196 Å². The molecule has 0 saturated heterocycles. The Balaban J connectivity index is 1.72. The van der Waals surface area contributed by atoms with Crippen molar-refractivity contribution >= 4 is 35.4 Å². The minimum atomic E-state index is -0.267. The monoisotopic (exact) mass is 462 g/mol. The topological polar surface area (TPSA) is 96.6 Å². The molecule has 1 unspecified atom stereocenters. The van der Waals surface area contributed by atoms with Gasteiger partial charge in [-0.1, -0.05) is 29.8 Å². The molecule has 7 nitrogen and oxygen atoms in total. The predicted octanol–water partition coefficient (Wildman–Crippen LogP) is 5.26. The summed E-state index contributed by atoms with van der Waals surface area (Å²) >= 11 is 6.43. The average Bonchev–Trinajstić information content (AvgIpc) is 3.24. The highest BCUT2D eigenvalue weighted by Crippen LogP contribution is 2.37. The van der Waals surface area contributed by atoms with Gasteiger partial charge in [-0.25, -0.2) is 4.98 Å². The van der Waals surface area contributed by atoms with Crippen molar-refractivity contribution in [2.45, 2.75) is 20.3 Å². The van der Waals surface area contributed by atoms with Gasteiger partial charge in [-0.2, -0.15) is 0 Å². The number of hydrogen-bond acceptors (Lipinski definition) is 5. The second-order valence-electron chi connectivity index (χ2n) is 7.79. The van der Waals surface area contributed by atoms with Crippen molar-refractivity contribution in [3.8, 4) is 22.6 Å². The summed E-state index contributed by atoms with van der Waals surface area (Å²) in [6.07, 6.45) is 8.02. The number of hydrogen-bond donors (Lipinski definition) is 2. The molecule has 3 aromatic rings. The number of nitrogens with one attached hydrogen (secondary N) is 2. The Hall–Kier alpha value is -3.71. The first kappa shape index (κ1) is 22.5. The number of benzene rings is 1. The third kappa shape index (κ3) is 5.21. The van der Waals surface area contributed by atoms with Gasteiger partial charge in [0.25, 0.3) is 5.91 Å². The Kier molecular flexibility index (Phi) is 6.70. The summed E-state index contributed by atoms with van der Waals surface area (Å²) in [6, 6.07) is 10.6. The van der Waals surface area contributed by atoms with Crippen LogP contribution in [0.5, 0.6) is 0 Å². The van der Waals surface area contributed by atoms with E-state index in [0.29, 0.717) is 45.6 Å². The molecule has 168 valence electrons. The van der Waals surface area contributed by atoms with Crippen LogP contribution >= 0.6 is 11.6 Å². The number of rotatable bonds is 6. The predicted molar refractivity (Wildman–Crippen MR) is 129 cm³/mol. The number of pyridine rings is 1. The van der Waals surface area contributed by atoms with Crippen LogP contribution in [0.15, 0.2) is 64.3 Å². The fourth-order valence-electron chi connectivity index (χ4n) is 3.56. The van der Waals surface area contributed by atoms with Crippen molar-refractivity contribution in [1.29, 1.82) is 0 Å². The molecule has 33 heavy (non-hydrogen) atoms. The number of carbonyl (C=O) groups excluding carboxylic acids is 2. The summed E-state index contributed by atoms with van der Waals surface area (Å²) in [5, 5.41) is 6.13. The molecule has 8 heteroatoms. The SMILES string of the molecule is CC(=O)Nc1cc(-c2cc(C(=O)NCC3C=NC=CC3)c(-c3ccccc3Cl)o2)c(C)cn1. The lowest BCUT2D eigenvalue weighted by Gasteiger charge is -2.13. The lowest BCUT2D eigenvalue weighted by Crippen LogP contribution is -2.30. The number of allylic oxidation sites excluding steroid dienone is 1. The standard InChI is InChI=1S/C25H23ClN4O3/c1-15-12-28-23(30-16(2)31)11-19(15)22-10-20(24(33-22)18-7-3-4-8-21(18)26)25(32)29-14-17-6-5-9-27-13-17/h3-5,7-13,17H,6,14H2,1-2H3,(H,29,32)(H,28,30,31). The largest absolute Gasteiger partial charge is 0.455 e. The van der Waals surface area contributed by atoms with Gasteiger partial charge >= 0.3 is 0 Å². The molecule has 2 N–H and O–H groups in total. The van der Waals surface area contributed by atoms with E-state index in [1.807, 2.05) is 37.4 Å². The summed E-state index contributed by atoms with van der Waals surface area (Å²) in [5.41, 5.74) is 2.54. The lowest BCUT2D eigenvalue weighted by molar-refractivity contribution is -0.114. The summed E-state index contributed by atoms with van der Waals surface area (Å²) in [7, 11) is 0. The van der Waals surface area contributed by atoms with Crippen LogP contribution in [0.2, 0.25) is 5.02 Å². The highest BCUT2D eigenvalue weighted by Gasteiger charge is 2.23. The molecule has 2 aromatic heterocycles. The molecular weight excluding hydrogens is 440 g/mol. The van der Waals surface area contributed by atoms with E-state index in [-0.39, 0.29) is 17.7 Å². The second-order valence-corrected chi connectivity index (χ2v) is 8.19. The molecule has 1 aliphatic heterocycles. The van der Waals surface area contributed by atoms with Gasteiger partial charge in [0.05, 0.1) is 10.6 Å².